The lowest BCUT2D eigenvalue weighted by Gasteiger charge is -2.30. The van der Waals surface area contributed by atoms with Crippen molar-refractivity contribution in [3.8, 4) is 0 Å². The van der Waals surface area contributed by atoms with E-state index >= 15 is 0 Å². The number of aromatic carboxylic acids is 1. The molecule has 1 N–H and O–H groups in total. The highest BCUT2D eigenvalue weighted by Gasteiger charge is 2.26. The van der Waals surface area contributed by atoms with Gasteiger partial charge in [-0.15, -0.1) is 0 Å². The summed E-state index contributed by atoms with van der Waals surface area (Å²) in [6.07, 6.45) is 2.68. The zero-order chi connectivity index (χ0) is 15.6. The lowest BCUT2D eigenvalue weighted by atomic mass is 10.1. The maximum Gasteiger partial charge on any atom is 0.356 e. The molecule has 0 saturated carbocycles. The van der Waals surface area contributed by atoms with Crippen molar-refractivity contribution in [2.75, 3.05) is 31.6 Å². The lowest BCUT2D eigenvalue weighted by Crippen LogP contribution is -2.39. The van der Waals surface area contributed by atoms with E-state index in [0.717, 1.165) is 26.1 Å². The van der Waals surface area contributed by atoms with Crippen molar-refractivity contribution in [3.63, 3.8) is 0 Å². The first-order valence-electron chi connectivity index (χ1n) is 7.45. The SMILES string of the molecule is CC(C)c1ncc(N2CCCN(C)CC2C)c(C(=O)O)n1. The Morgan fingerprint density at radius 3 is 2.76 bits per heavy atom. The molecule has 2 rings (SSSR count). The van der Waals surface area contributed by atoms with E-state index in [1.165, 1.54) is 0 Å². The molecule has 0 aliphatic carbocycles. The molecular formula is C15H24N4O2. The van der Waals surface area contributed by atoms with Gasteiger partial charge in [-0.3, -0.25) is 0 Å². The van der Waals surface area contributed by atoms with Gasteiger partial charge >= 0.3 is 5.97 Å². The second-order valence-electron chi connectivity index (χ2n) is 6.08. The van der Waals surface area contributed by atoms with Crippen molar-refractivity contribution in [1.82, 2.24) is 14.9 Å². The number of rotatable bonds is 3. The quantitative estimate of drug-likeness (QED) is 0.916. The maximum absolute atomic E-state index is 11.6. The number of aromatic nitrogens is 2. The van der Waals surface area contributed by atoms with Gasteiger partial charge in [-0.25, -0.2) is 14.8 Å². The fraction of sp³-hybridized carbons (Fsp3) is 0.667. The Hall–Kier alpha value is -1.69. The topological polar surface area (TPSA) is 69.6 Å². The van der Waals surface area contributed by atoms with Crippen LogP contribution in [-0.2, 0) is 0 Å². The number of hydrogen-bond donors (Lipinski definition) is 1. The highest BCUT2D eigenvalue weighted by Crippen LogP contribution is 2.24. The highest BCUT2D eigenvalue weighted by atomic mass is 16.4. The molecule has 116 valence electrons. The summed E-state index contributed by atoms with van der Waals surface area (Å²) >= 11 is 0. The van der Waals surface area contributed by atoms with E-state index in [9.17, 15) is 9.90 Å². The minimum Gasteiger partial charge on any atom is -0.476 e. The Morgan fingerprint density at radius 2 is 2.14 bits per heavy atom. The Bertz CT molecular complexity index is 518. The first-order chi connectivity index (χ1) is 9.90. The van der Waals surface area contributed by atoms with Crippen LogP contribution in [-0.4, -0.2) is 58.7 Å². The number of likely N-dealkylation sites (N-methyl/N-ethyl adjacent to an activating group) is 1. The average molecular weight is 292 g/mol. The van der Waals surface area contributed by atoms with E-state index in [1.54, 1.807) is 6.20 Å². The molecule has 1 atom stereocenters. The first kappa shape index (κ1) is 15.7. The Balaban J connectivity index is 2.39. The average Bonchev–Trinajstić information content (AvgIpc) is 2.58. The summed E-state index contributed by atoms with van der Waals surface area (Å²) in [5.41, 5.74) is 0.750. The van der Waals surface area contributed by atoms with Gasteiger partial charge in [0.15, 0.2) is 5.69 Å². The summed E-state index contributed by atoms with van der Waals surface area (Å²) in [4.78, 5) is 24.6. The molecule has 1 saturated heterocycles. The molecule has 1 aliphatic heterocycles. The van der Waals surface area contributed by atoms with Crippen LogP contribution >= 0.6 is 0 Å². The molecule has 6 heteroatoms. The molecule has 1 aromatic heterocycles. The van der Waals surface area contributed by atoms with E-state index in [2.05, 4.69) is 33.7 Å². The molecule has 0 spiro atoms. The smallest absolute Gasteiger partial charge is 0.356 e. The molecule has 1 aliphatic rings. The van der Waals surface area contributed by atoms with Crippen molar-refractivity contribution in [1.29, 1.82) is 0 Å². The fourth-order valence-corrected chi connectivity index (χ4v) is 2.76. The summed E-state index contributed by atoms with van der Waals surface area (Å²) < 4.78 is 0. The molecule has 0 radical (unpaired) electrons. The van der Waals surface area contributed by atoms with Gasteiger partial charge in [0.2, 0.25) is 0 Å². The van der Waals surface area contributed by atoms with Gasteiger partial charge in [0.25, 0.3) is 0 Å². The van der Waals surface area contributed by atoms with E-state index in [4.69, 9.17) is 0 Å². The van der Waals surface area contributed by atoms with Gasteiger partial charge in [-0.1, -0.05) is 13.8 Å². The summed E-state index contributed by atoms with van der Waals surface area (Å²) in [6.45, 7) is 8.80. The van der Waals surface area contributed by atoms with Crippen LogP contribution in [0.2, 0.25) is 0 Å². The first-order valence-corrected chi connectivity index (χ1v) is 7.45. The molecule has 0 aromatic carbocycles. The standard InChI is InChI=1S/C15H24N4O2/c1-10(2)14-16-8-12(13(17-14)15(20)21)19-7-5-6-18(4)9-11(19)3/h8,10-11H,5-7,9H2,1-4H3,(H,20,21). The summed E-state index contributed by atoms with van der Waals surface area (Å²) in [7, 11) is 2.09. The fourth-order valence-electron chi connectivity index (χ4n) is 2.76. The van der Waals surface area contributed by atoms with Crippen molar-refractivity contribution < 1.29 is 9.90 Å². The normalized spacial score (nSPS) is 20.6. The molecule has 0 amide bonds. The highest BCUT2D eigenvalue weighted by molar-refractivity contribution is 5.92. The zero-order valence-electron chi connectivity index (χ0n) is 13.2. The van der Waals surface area contributed by atoms with Crippen molar-refractivity contribution in [2.45, 2.75) is 39.2 Å². The molecular weight excluding hydrogens is 268 g/mol. The predicted octanol–water partition coefficient (Wildman–Crippen LogP) is 1.83. The Morgan fingerprint density at radius 1 is 1.43 bits per heavy atom. The van der Waals surface area contributed by atoms with E-state index in [1.807, 2.05) is 13.8 Å². The van der Waals surface area contributed by atoms with Crippen molar-refractivity contribution in [2.24, 2.45) is 0 Å². The van der Waals surface area contributed by atoms with Crippen LogP contribution in [0.5, 0.6) is 0 Å². The summed E-state index contributed by atoms with van der Waals surface area (Å²) in [5.74, 6) is -0.292. The summed E-state index contributed by atoms with van der Waals surface area (Å²) in [5, 5.41) is 9.48. The van der Waals surface area contributed by atoms with Crippen LogP contribution in [0.3, 0.4) is 0 Å². The van der Waals surface area contributed by atoms with Gasteiger partial charge in [0.1, 0.15) is 5.82 Å². The Kier molecular flexibility index (Phi) is 4.77. The van der Waals surface area contributed by atoms with Crippen LogP contribution in [0.25, 0.3) is 0 Å². The maximum atomic E-state index is 11.6. The molecule has 6 nitrogen and oxygen atoms in total. The van der Waals surface area contributed by atoms with Crippen LogP contribution in [0, 0.1) is 0 Å². The Labute approximate surface area is 125 Å². The van der Waals surface area contributed by atoms with E-state index in [-0.39, 0.29) is 17.7 Å². The van der Waals surface area contributed by atoms with E-state index in [0.29, 0.717) is 11.5 Å². The molecule has 21 heavy (non-hydrogen) atoms. The minimum absolute atomic E-state index is 0.116. The predicted molar refractivity (Wildman–Crippen MR) is 82.0 cm³/mol. The monoisotopic (exact) mass is 292 g/mol. The van der Waals surface area contributed by atoms with Crippen LogP contribution in [0.1, 0.15) is 49.4 Å². The summed E-state index contributed by atoms with van der Waals surface area (Å²) in [6, 6.07) is 0.240. The minimum atomic E-state index is -0.987. The second kappa shape index (κ2) is 6.39. The van der Waals surface area contributed by atoms with Gasteiger partial charge in [0, 0.05) is 25.0 Å². The number of nitrogens with zero attached hydrogens (tertiary/aromatic N) is 4. The largest absolute Gasteiger partial charge is 0.476 e. The number of carboxylic acid groups (broad SMARTS) is 1. The third-order valence-electron chi connectivity index (χ3n) is 3.86. The second-order valence-corrected chi connectivity index (χ2v) is 6.08. The number of carboxylic acids is 1. The van der Waals surface area contributed by atoms with Crippen LogP contribution in [0.4, 0.5) is 5.69 Å². The van der Waals surface area contributed by atoms with Crippen LogP contribution < -0.4 is 4.90 Å². The third-order valence-corrected chi connectivity index (χ3v) is 3.86. The molecule has 2 heterocycles. The van der Waals surface area contributed by atoms with Gasteiger partial charge < -0.3 is 14.9 Å². The van der Waals surface area contributed by atoms with Gasteiger partial charge in [0.05, 0.1) is 11.9 Å². The van der Waals surface area contributed by atoms with Gasteiger partial charge in [-0.2, -0.15) is 0 Å². The van der Waals surface area contributed by atoms with E-state index < -0.39 is 5.97 Å². The van der Waals surface area contributed by atoms with Gasteiger partial charge in [-0.05, 0) is 26.9 Å². The number of hydrogen-bond acceptors (Lipinski definition) is 5. The van der Waals surface area contributed by atoms with Crippen molar-refractivity contribution in [3.05, 3.63) is 17.7 Å². The molecule has 1 unspecified atom stereocenters. The molecule has 0 bridgehead atoms. The zero-order valence-corrected chi connectivity index (χ0v) is 13.2. The molecule has 1 aromatic rings. The number of anilines is 1. The van der Waals surface area contributed by atoms with Crippen molar-refractivity contribution >= 4 is 11.7 Å². The third kappa shape index (κ3) is 3.50. The lowest BCUT2D eigenvalue weighted by molar-refractivity contribution is 0.0690. The number of carbonyl (C=O) groups is 1. The molecule has 1 fully saturated rings. The van der Waals surface area contributed by atoms with Crippen LogP contribution in [0.15, 0.2) is 6.20 Å².